The number of nitrogens with zero attached hydrogens (tertiary/aromatic N) is 1. The maximum absolute atomic E-state index is 12.8. The number of ether oxygens (including phenoxy) is 1. The van der Waals surface area contributed by atoms with E-state index >= 15 is 0 Å². The Kier molecular flexibility index (Phi) is 4.39. The zero-order chi connectivity index (χ0) is 16.4. The summed E-state index contributed by atoms with van der Waals surface area (Å²) < 4.78 is 5.62. The van der Waals surface area contributed by atoms with E-state index in [0.29, 0.717) is 18.7 Å². The molecule has 2 aliphatic rings. The standard InChI is InChI=1S/C18H24N2O3/c1-18(17(22)19-2)12-20(9-10-23-18)16(21)15-8-7-13-5-3-4-6-14(13)11-15/h7-8,11H,3-6,9-10,12H2,1-2H3,(H,19,22)/t18-/m1/s1. The number of amides is 2. The number of fused-ring (bicyclic) bond motifs is 1. The van der Waals surface area contributed by atoms with Crippen LogP contribution in [0.5, 0.6) is 0 Å². The van der Waals surface area contributed by atoms with Crippen molar-refractivity contribution < 1.29 is 14.3 Å². The molecular weight excluding hydrogens is 292 g/mol. The fraction of sp³-hybridized carbons (Fsp3) is 0.556. The Balaban J connectivity index is 1.78. The smallest absolute Gasteiger partial charge is 0.254 e. The van der Waals surface area contributed by atoms with Crippen LogP contribution < -0.4 is 5.32 Å². The Labute approximate surface area is 137 Å². The highest BCUT2D eigenvalue weighted by Gasteiger charge is 2.40. The van der Waals surface area contributed by atoms with Crippen LogP contribution in [0.2, 0.25) is 0 Å². The van der Waals surface area contributed by atoms with Gasteiger partial charge in [0.25, 0.3) is 11.8 Å². The van der Waals surface area contributed by atoms with Crippen molar-refractivity contribution in [2.45, 2.75) is 38.2 Å². The third-order valence-electron chi connectivity index (χ3n) is 4.86. The molecule has 5 nitrogen and oxygen atoms in total. The van der Waals surface area contributed by atoms with Crippen LogP contribution in [0.3, 0.4) is 0 Å². The van der Waals surface area contributed by atoms with E-state index in [1.54, 1.807) is 18.9 Å². The Morgan fingerprint density at radius 1 is 1.22 bits per heavy atom. The number of carbonyl (C=O) groups excluding carboxylic acids is 2. The van der Waals surface area contributed by atoms with Crippen molar-refractivity contribution in [3.05, 3.63) is 34.9 Å². The highest BCUT2D eigenvalue weighted by molar-refractivity contribution is 5.95. The van der Waals surface area contributed by atoms with Gasteiger partial charge in [-0.05, 0) is 55.9 Å². The van der Waals surface area contributed by atoms with Gasteiger partial charge in [0.05, 0.1) is 13.2 Å². The van der Waals surface area contributed by atoms with Gasteiger partial charge in [0.1, 0.15) is 0 Å². The quantitative estimate of drug-likeness (QED) is 0.900. The zero-order valence-electron chi connectivity index (χ0n) is 13.9. The molecular formula is C18H24N2O3. The van der Waals surface area contributed by atoms with Crippen LogP contribution >= 0.6 is 0 Å². The summed E-state index contributed by atoms with van der Waals surface area (Å²) in [5.41, 5.74) is 2.40. The highest BCUT2D eigenvalue weighted by Crippen LogP contribution is 2.24. The highest BCUT2D eigenvalue weighted by atomic mass is 16.5. The van der Waals surface area contributed by atoms with Crippen molar-refractivity contribution in [1.82, 2.24) is 10.2 Å². The summed E-state index contributed by atoms with van der Waals surface area (Å²) in [4.78, 5) is 26.6. The van der Waals surface area contributed by atoms with E-state index in [1.165, 1.54) is 24.0 Å². The van der Waals surface area contributed by atoms with Crippen LogP contribution in [-0.4, -0.2) is 49.1 Å². The fourth-order valence-electron chi connectivity index (χ4n) is 3.49. The SMILES string of the molecule is CNC(=O)[C@@]1(C)CN(C(=O)c2ccc3c(c2)CCCC3)CCO1. The largest absolute Gasteiger partial charge is 0.362 e. The molecule has 0 saturated carbocycles. The molecule has 1 aliphatic carbocycles. The maximum atomic E-state index is 12.8. The molecule has 1 N–H and O–H groups in total. The van der Waals surface area contributed by atoms with Gasteiger partial charge in [-0.1, -0.05) is 6.07 Å². The molecule has 0 aromatic heterocycles. The third kappa shape index (κ3) is 3.11. The first-order valence-electron chi connectivity index (χ1n) is 8.31. The van der Waals surface area contributed by atoms with Crippen molar-refractivity contribution in [2.24, 2.45) is 0 Å². The van der Waals surface area contributed by atoms with Gasteiger partial charge in [0.15, 0.2) is 5.60 Å². The second kappa shape index (κ2) is 6.32. The average Bonchev–Trinajstić information content (AvgIpc) is 2.60. The van der Waals surface area contributed by atoms with Crippen LogP contribution in [0, 0.1) is 0 Å². The molecule has 23 heavy (non-hydrogen) atoms. The molecule has 1 fully saturated rings. The minimum Gasteiger partial charge on any atom is -0.362 e. The van der Waals surface area contributed by atoms with Crippen LogP contribution in [0.4, 0.5) is 0 Å². The fourth-order valence-corrected chi connectivity index (χ4v) is 3.49. The first kappa shape index (κ1) is 16.0. The number of nitrogens with one attached hydrogen (secondary N) is 1. The molecule has 1 heterocycles. The lowest BCUT2D eigenvalue weighted by Crippen LogP contribution is -2.58. The van der Waals surface area contributed by atoms with Gasteiger partial charge < -0.3 is 15.0 Å². The van der Waals surface area contributed by atoms with E-state index in [4.69, 9.17) is 4.74 Å². The van der Waals surface area contributed by atoms with Crippen LogP contribution in [0.25, 0.3) is 0 Å². The summed E-state index contributed by atoms with van der Waals surface area (Å²) >= 11 is 0. The van der Waals surface area contributed by atoms with Gasteiger partial charge in [-0.2, -0.15) is 0 Å². The molecule has 5 heteroatoms. The third-order valence-corrected chi connectivity index (χ3v) is 4.86. The Hall–Kier alpha value is -1.88. The normalized spacial score (nSPS) is 24.0. The van der Waals surface area contributed by atoms with Gasteiger partial charge in [-0.15, -0.1) is 0 Å². The summed E-state index contributed by atoms with van der Waals surface area (Å²) in [6.07, 6.45) is 4.58. The predicted molar refractivity (Wildman–Crippen MR) is 87.4 cm³/mol. The van der Waals surface area contributed by atoms with E-state index in [-0.39, 0.29) is 18.4 Å². The lowest BCUT2D eigenvalue weighted by molar-refractivity contribution is -0.153. The number of likely N-dealkylation sites (N-methyl/N-ethyl adjacent to an activating group) is 1. The first-order chi connectivity index (χ1) is 11.0. The number of morpholine rings is 1. The van der Waals surface area contributed by atoms with E-state index in [9.17, 15) is 9.59 Å². The van der Waals surface area contributed by atoms with Crippen LogP contribution in [0.1, 0.15) is 41.3 Å². The Morgan fingerprint density at radius 3 is 2.70 bits per heavy atom. The minimum atomic E-state index is -0.975. The molecule has 1 aromatic rings. The second-order valence-electron chi connectivity index (χ2n) is 6.58. The summed E-state index contributed by atoms with van der Waals surface area (Å²) in [7, 11) is 1.58. The molecule has 124 valence electrons. The van der Waals surface area contributed by atoms with Gasteiger partial charge in [0, 0.05) is 19.2 Å². The van der Waals surface area contributed by atoms with Crippen molar-refractivity contribution in [3.8, 4) is 0 Å². The molecule has 0 unspecified atom stereocenters. The summed E-state index contributed by atoms with van der Waals surface area (Å²) in [6, 6.07) is 6.03. The molecule has 1 aliphatic heterocycles. The van der Waals surface area contributed by atoms with Crippen molar-refractivity contribution in [2.75, 3.05) is 26.7 Å². The van der Waals surface area contributed by atoms with E-state index in [0.717, 1.165) is 12.8 Å². The number of hydrogen-bond acceptors (Lipinski definition) is 3. The van der Waals surface area contributed by atoms with Crippen LogP contribution in [0.15, 0.2) is 18.2 Å². The number of benzene rings is 1. The zero-order valence-corrected chi connectivity index (χ0v) is 13.9. The van der Waals surface area contributed by atoms with Gasteiger partial charge in [-0.3, -0.25) is 9.59 Å². The Bertz CT molecular complexity index is 629. The predicted octanol–water partition coefficient (Wildman–Crippen LogP) is 1.54. The molecule has 0 bridgehead atoms. The number of hydrogen-bond donors (Lipinski definition) is 1. The van der Waals surface area contributed by atoms with Gasteiger partial charge in [-0.25, -0.2) is 0 Å². The molecule has 1 atom stereocenters. The van der Waals surface area contributed by atoms with Crippen molar-refractivity contribution >= 4 is 11.8 Å². The monoisotopic (exact) mass is 316 g/mol. The van der Waals surface area contributed by atoms with Gasteiger partial charge >= 0.3 is 0 Å². The molecule has 0 radical (unpaired) electrons. The molecule has 0 spiro atoms. The molecule has 3 rings (SSSR count). The maximum Gasteiger partial charge on any atom is 0.254 e. The summed E-state index contributed by atoms with van der Waals surface area (Å²) in [5.74, 6) is -0.211. The lowest BCUT2D eigenvalue weighted by atomic mass is 9.90. The first-order valence-corrected chi connectivity index (χ1v) is 8.31. The topological polar surface area (TPSA) is 58.6 Å². The second-order valence-corrected chi connectivity index (χ2v) is 6.58. The van der Waals surface area contributed by atoms with Gasteiger partial charge in [0.2, 0.25) is 0 Å². The summed E-state index contributed by atoms with van der Waals surface area (Å²) in [5, 5.41) is 2.61. The number of rotatable bonds is 2. The van der Waals surface area contributed by atoms with Crippen molar-refractivity contribution in [1.29, 1.82) is 0 Å². The average molecular weight is 316 g/mol. The number of aryl methyl sites for hydroxylation is 2. The summed E-state index contributed by atoms with van der Waals surface area (Å²) in [6.45, 7) is 2.91. The minimum absolute atomic E-state index is 0.0169. The molecule has 2 amide bonds. The van der Waals surface area contributed by atoms with Crippen LogP contribution in [-0.2, 0) is 22.4 Å². The van der Waals surface area contributed by atoms with E-state index in [2.05, 4.69) is 11.4 Å². The molecule has 1 saturated heterocycles. The Morgan fingerprint density at radius 2 is 1.96 bits per heavy atom. The van der Waals surface area contributed by atoms with E-state index in [1.807, 2.05) is 12.1 Å². The molecule has 1 aromatic carbocycles. The number of carbonyl (C=O) groups is 2. The van der Waals surface area contributed by atoms with Crippen molar-refractivity contribution in [3.63, 3.8) is 0 Å². The lowest BCUT2D eigenvalue weighted by Gasteiger charge is -2.39. The van der Waals surface area contributed by atoms with E-state index < -0.39 is 5.60 Å².